The molecule has 0 aliphatic rings. The Kier molecular flexibility index (Phi) is 4.91. The topological polar surface area (TPSA) is 55.6 Å². The Bertz CT molecular complexity index is 817. The first kappa shape index (κ1) is 15.8. The van der Waals surface area contributed by atoms with Gasteiger partial charge in [0.25, 0.3) is 0 Å². The number of aromatic nitrogens is 2. The minimum absolute atomic E-state index is 0.218. The number of ether oxygens (including phenoxy) is 1. The molecule has 0 atom stereocenters. The molecule has 0 bridgehead atoms. The summed E-state index contributed by atoms with van der Waals surface area (Å²) in [6.07, 6.45) is 7.89. The zero-order valence-corrected chi connectivity index (χ0v) is 13.5. The van der Waals surface area contributed by atoms with E-state index >= 15 is 0 Å². The van der Waals surface area contributed by atoms with Gasteiger partial charge in [-0.15, -0.1) is 0 Å². The third kappa shape index (κ3) is 4.01. The Balaban J connectivity index is 1.60. The van der Waals surface area contributed by atoms with E-state index in [1.807, 2.05) is 53.1 Å². The predicted molar refractivity (Wildman–Crippen MR) is 95.1 cm³/mol. The van der Waals surface area contributed by atoms with Crippen molar-refractivity contribution in [1.29, 1.82) is 0 Å². The number of fused-ring (bicyclic) bond motifs is 1. The second-order valence-electron chi connectivity index (χ2n) is 5.33. The summed E-state index contributed by atoms with van der Waals surface area (Å²) in [5.74, 6) is 1.15. The molecule has 0 saturated heterocycles. The molecule has 5 nitrogen and oxygen atoms in total. The molecular formula is C19H19N3O2. The van der Waals surface area contributed by atoms with Gasteiger partial charge in [0.05, 0.1) is 12.8 Å². The van der Waals surface area contributed by atoms with Gasteiger partial charge in [-0.2, -0.15) is 0 Å². The lowest BCUT2D eigenvalue weighted by atomic mass is 10.2. The first-order chi connectivity index (χ1) is 11.7. The summed E-state index contributed by atoms with van der Waals surface area (Å²) < 4.78 is 7.39. The summed E-state index contributed by atoms with van der Waals surface area (Å²) >= 11 is 0. The van der Waals surface area contributed by atoms with Gasteiger partial charge in [-0.25, -0.2) is 4.98 Å². The molecule has 2 aromatic heterocycles. The van der Waals surface area contributed by atoms with Crippen molar-refractivity contribution in [3.05, 3.63) is 66.5 Å². The van der Waals surface area contributed by atoms with Crippen LogP contribution in [0, 0.1) is 0 Å². The first-order valence-electron chi connectivity index (χ1n) is 7.90. The molecule has 0 spiro atoms. The van der Waals surface area contributed by atoms with Gasteiger partial charge in [-0.3, -0.25) is 4.79 Å². The van der Waals surface area contributed by atoms with Crippen LogP contribution in [0.2, 0.25) is 0 Å². The summed E-state index contributed by atoms with van der Waals surface area (Å²) in [6, 6.07) is 13.3. The molecule has 0 aliphatic heterocycles. The van der Waals surface area contributed by atoms with Crippen LogP contribution in [0.5, 0.6) is 5.75 Å². The summed E-state index contributed by atoms with van der Waals surface area (Å²) in [6.45, 7) is 2.77. The summed E-state index contributed by atoms with van der Waals surface area (Å²) in [5.41, 5.74) is 1.73. The number of hydrogen-bond acceptors (Lipinski definition) is 3. The first-order valence-corrected chi connectivity index (χ1v) is 7.90. The molecular weight excluding hydrogens is 302 g/mol. The number of benzene rings is 1. The summed E-state index contributed by atoms with van der Waals surface area (Å²) in [5, 5.41) is 2.76. The zero-order valence-electron chi connectivity index (χ0n) is 13.5. The Morgan fingerprint density at radius 3 is 2.83 bits per heavy atom. The van der Waals surface area contributed by atoms with E-state index in [4.69, 9.17) is 4.74 Å². The summed E-state index contributed by atoms with van der Waals surface area (Å²) in [7, 11) is 0. The van der Waals surface area contributed by atoms with Crippen molar-refractivity contribution in [3.63, 3.8) is 0 Å². The standard InChI is InChI=1S/C19H19N3O2/c1-2-13-24-16-9-6-15(7-10-16)8-11-19(23)21-17-14-22-12-4-3-5-18(22)20-17/h3-12,14H,2,13H2,1H3,(H,21,23)/b11-8+. The highest BCUT2D eigenvalue weighted by Gasteiger charge is 2.03. The van der Waals surface area contributed by atoms with Gasteiger partial charge in [0, 0.05) is 12.3 Å². The molecule has 1 amide bonds. The van der Waals surface area contributed by atoms with E-state index in [1.165, 1.54) is 6.08 Å². The van der Waals surface area contributed by atoms with Crippen molar-refractivity contribution in [3.8, 4) is 5.75 Å². The Morgan fingerprint density at radius 2 is 2.08 bits per heavy atom. The quantitative estimate of drug-likeness (QED) is 0.703. The van der Waals surface area contributed by atoms with Gasteiger partial charge in [-0.05, 0) is 42.3 Å². The largest absolute Gasteiger partial charge is 0.494 e. The SMILES string of the molecule is CCCOc1ccc(/C=C/C(=O)Nc2cn3ccccc3n2)cc1. The monoisotopic (exact) mass is 321 g/mol. The Hall–Kier alpha value is -3.08. The number of nitrogens with zero attached hydrogens (tertiary/aromatic N) is 2. The van der Waals surface area contributed by atoms with Crippen molar-refractivity contribution in [2.24, 2.45) is 0 Å². The van der Waals surface area contributed by atoms with Gasteiger partial charge in [0.15, 0.2) is 5.82 Å². The number of carbonyl (C=O) groups excluding carboxylic acids is 1. The van der Waals surface area contributed by atoms with Crippen molar-refractivity contribution < 1.29 is 9.53 Å². The molecule has 0 radical (unpaired) electrons. The van der Waals surface area contributed by atoms with Crippen LogP contribution in [0.3, 0.4) is 0 Å². The van der Waals surface area contributed by atoms with E-state index in [9.17, 15) is 4.79 Å². The number of imidazole rings is 1. The number of hydrogen-bond donors (Lipinski definition) is 1. The van der Waals surface area contributed by atoms with E-state index in [0.717, 1.165) is 23.4 Å². The normalized spacial score (nSPS) is 11.0. The Labute approximate surface area is 140 Å². The average Bonchev–Trinajstić information content (AvgIpc) is 3.01. The fourth-order valence-electron chi connectivity index (χ4n) is 2.23. The minimum atomic E-state index is -0.218. The zero-order chi connectivity index (χ0) is 16.8. The molecule has 2 heterocycles. The van der Waals surface area contributed by atoms with E-state index in [1.54, 1.807) is 12.3 Å². The van der Waals surface area contributed by atoms with Crippen LogP contribution in [0.1, 0.15) is 18.9 Å². The fourth-order valence-corrected chi connectivity index (χ4v) is 2.23. The van der Waals surface area contributed by atoms with Gasteiger partial charge in [0.2, 0.25) is 5.91 Å². The third-order valence-corrected chi connectivity index (χ3v) is 3.40. The molecule has 0 aliphatic carbocycles. The van der Waals surface area contributed by atoms with E-state index in [2.05, 4.69) is 17.2 Å². The second kappa shape index (κ2) is 7.46. The second-order valence-corrected chi connectivity index (χ2v) is 5.33. The van der Waals surface area contributed by atoms with E-state index in [-0.39, 0.29) is 5.91 Å². The minimum Gasteiger partial charge on any atom is -0.494 e. The maximum Gasteiger partial charge on any atom is 0.249 e. The smallest absolute Gasteiger partial charge is 0.249 e. The molecule has 0 fully saturated rings. The van der Waals surface area contributed by atoms with Crippen LogP contribution < -0.4 is 10.1 Å². The number of pyridine rings is 1. The van der Waals surface area contributed by atoms with Gasteiger partial charge in [-0.1, -0.05) is 25.1 Å². The Morgan fingerprint density at radius 1 is 1.25 bits per heavy atom. The van der Waals surface area contributed by atoms with Crippen LogP contribution >= 0.6 is 0 Å². The van der Waals surface area contributed by atoms with Crippen molar-refractivity contribution in [1.82, 2.24) is 9.38 Å². The van der Waals surface area contributed by atoms with Gasteiger partial charge in [0.1, 0.15) is 11.4 Å². The number of nitrogens with one attached hydrogen (secondary N) is 1. The molecule has 1 aromatic carbocycles. The van der Waals surface area contributed by atoms with Crippen LogP contribution in [-0.2, 0) is 4.79 Å². The number of anilines is 1. The molecule has 0 unspecified atom stereocenters. The lowest BCUT2D eigenvalue weighted by molar-refractivity contribution is -0.111. The van der Waals surface area contributed by atoms with Gasteiger partial charge < -0.3 is 14.5 Å². The molecule has 122 valence electrons. The lowest BCUT2D eigenvalue weighted by Crippen LogP contribution is -2.07. The van der Waals surface area contributed by atoms with Crippen molar-refractivity contribution >= 4 is 23.4 Å². The lowest BCUT2D eigenvalue weighted by Gasteiger charge is -2.03. The number of carbonyl (C=O) groups is 1. The molecule has 24 heavy (non-hydrogen) atoms. The molecule has 0 saturated carbocycles. The van der Waals surface area contributed by atoms with Crippen LogP contribution in [0.4, 0.5) is 5.82 Å². The maximum absolute atomic E-state index is 12.0. The number of amides is 1. The fraction of sp³-hybridized carbons (Fsp3) is 0.158. The molecule has 1 N–H and O–H groups in total. The molecule has 5 heteroatoms. The molecule has 3 rings (SSSR count). The molecule has 3 aromatic rings. The number of rotatable bonds is 6. The predicted octanol–water partition coefficient (Wildman–Crippen LogP) is 3.78. The van der Waals surface area contributed by atoms with E-state index in [0.29, 0.717) is 12.4 Å². The van der Waals surface area contributed by atoms with Crippen LogP contribution in [-0.4, -0.2) is 21.9 Å². The van der Waals surface area contributed by atoms with Crippen molar-refractivity contribution in [2.45, 2.75) is 13.3 Å². The van der Waals surface area contributed by atoms with Gasteiger partial charge >= 0.3 is 0 Å². The maximum atomic E-state index is 12.0. The van der Waals surface area contributed by atoms with Crippen molar-refractivity contribution in [2.75, 3.05) is 11.9 Å². The highest BCUT2D eigenvalue weighted by Crippen LogP contribution is 2.14. The highest BCUT2D eigenvalue weighted by atomic mass is 16.5. The summed E-state index contributed by atoms with van der Waals surface area (Å²) in [4.78, 5) is 16.3. The van der Waals surface area contributed by atoms with Crippen LogP contribution in [0.25, 0.3) is 11.7 Å². The third-order valence-electron chi connectivity index (χ3n) is 3.40. The highest BCUT2D eigenvalue weighted by molar-refractivity contribution is 6.01. The van der Waals surface area contributed by atoms with Crippen LogP contribution in [0.15, 0.2) is 60.9 Å². The van der Waals surface area contributed by atoms with E-state index < -0.39 is 0 Å². The average molecular weight is 321 g/mol.